The van der Waals surface area contributed by atoms with E-state index in [1.54, 1.807) is 0 Å². The average Bonchev–Trinajstić information content (AvgIpc) is 2.96. The molecule has 2 aliphatic rings. The van der Waals surface area contributed by atoms with Crippen LogP contribution in [-0.4, -0.2) is 37.6 Å². The molecule has 2 fully saturated rings. The highest BCUT2D eigenvalue weighted by Gasteiger charge is 2.18. The van der Waals surface area contributed by atoms with Crippen molar-refractivity contribution in [2.24, 2.45) is 0 Å². The van der Waals surface area contributed by atoms with Crippen LogP contribution < -0.4 is 0 Å². The first kappa shape index (κ1) is 38.5. The second-order valence-electron chi connectivity index (χ2n) is 13.7. The Hall–Kier alpha value is -0.640. The lowest BCUT2D eigenvalue weighted by Gasteiger charge is -2.26. The van der Waals surface area contributed by atoms with Crippen LogP contribution in [0.5, 0.6) is 0 Å². The van der Waals surface area contributed by atoms with Crippen molar-refractivity contribution >= 4 is 0 Å². The number of unbranched alkanes of at least 4 members (excludes halogenated alkanes) is 14. The van der Waals surface area contributed by atoms with Crippen molar-refractivity contribution in [1.29, 1.82) is 0 Å². The van der Waals surface area contributed by atoms with Crippen LogP contribution in [0.2, 0.25) is 0 Å². The van der Waals surface area contributed by atoms with Gasteiger partial charge in [-0.3, -0.25) is 0 Å². The molecule has 0 spiro atoms. The van der Waals surface area contributed by atoms with E-state index in [0.717, 1.165) is 13.2 Å². The van der Waals surface area contributed by atoms with E-state index in [1.165, 1.54) is 180 Å². The maximum atomic E-state index is 6.88. The summed E-state index contributed by atoms with van der Waals surface area (Å²) in [5, 5.41) is 0. The minimum Gasteiger partial charge on any atom is -0.378 e. The molecule has 2 aliphatic heterocycles. The van der Waals surface area contributed by atoms with Gasteiger partial charge in [0.2, 0.25) is 0 Å². The SMILES string of the molecule is CCCCCC(CC/C=C\CCCCCCCC1CCO1)OC(CC/C=C\CCCCCCCC1CCO1)CCCCC. The summed E-state index contributed by atoms with van der Waals surface area (Å²) < 4.78 is 17.9. The lowest BCUT2D eigenvalue weighted by Crippen LogP contribution is -2.26. The monoisotopic (exact) mass is 603 g/mol. The standard InChI is InChI=1S/C40H74O3/c1-3-5-21-29-39(31-25-19-15-11-7-9-13-17-23-27-37-33-35-41-37)43-40(30-22-6-4-2)32-26-20-16-12-8-10-14-18-24-28-38-34-36-42-38/h15-16,19-20,37-40H,3-14,17-18,21-36H2,1-2H3/b19-15-,20-16-. The number of rotatable bonds is 32. The summed E-state index contributed by atoms with van der Waals surface area (Å²) in [6, 6.07) is 0. The van der Waals surface area contributed by atoms with Gasteiger partial charge < -0.3 is 14.2 Å². The fraction of sp³-hybridized carbons (Fsp3) is 0.900. The Bertz CT molecular complexity index is 582. The third-order valence-electron chi connectivity index (χ3n) is 9.67. The van der Waals surface area contributed by atoms with Crippen molar-refractivity contribution < 1.29 is 14.2 Å². The van der Waals surface area contributed by atoms with E-state index in [2.05, 4.69) is 38.2 Å². The summed E-state index contributed by atoms with van der Waals surface area (Å²) in [6.07, 6.45) is 48.3. The summed E-state index contributed by atoms with van der Waals surface area (Å²) in [4.78, 5) is 0. The Morgan fingerprint density at radius 2 is 0.884 bits per heavy atom. The fourth-order valence-corrected chi connectivity index (χ4v) is 6.47. The van der Waals surface area contributed by atoms with E-state index in [9.17, 15) is 0 Å². The molecule has 0 bridgehead atoms. The van der Waals surface area contributed by atoms with Crippen LogP contribution in [0, 0.1) is 0 Å². The average molecular weight is 603 g/mol. The number of allylic oxidation sites excluding steroid dienone is 4. The Balaban J connectivity index is 1.57. The van der Waals surface area contributed by atoms with Crippen molar-refractivity contribution in [3.05, 3.63) is 24.3 Å². The highest BCUT2D eigenvalue weighted by Crippen LogP contribution is 2.22. The number of hydrogen-bond donors (Lipinski definition) is 0. The van der Waals surface area contributed by atoms with Gasteiger partial charge in [-0.15, -0.1) is 0 Å². The molecule has 3 nitrogen and oxygen atoms in total. The zero-order valence-electron chi connectivity index (χ0n) is 29.1. The van der Waals surface area contributed by atoms with Crippen LogP contribution >= 0.6 is 0 Å². The third kappa shape index (κ3) is 22.5. The smallest absolute Gasteiger partial charge is 0.0597 e. The minimum absolute atomic E-state index is 0.433. The lowest BCUT2D eigenvalue weighted by molar-refractivity contribution is -0.0557. The van der Waals surface area contributed by atoms with E-state index < -0.39 is 0 Å². The fourth-order valence-electron chi connectivity index (χ4n) is 6.47. The molecule has 252 valence electrons. The van der Waals surface area contributed by atoms with Crippen molar-refractivity contribution in [1.82, 2.24) is 0 Å². The van der Waals surface area contributed by atoms with Gasteiger partial charge in [-0.05, 0) is 89.9 Å². The molecule has 0 aromatic rings. The van der Waals surface area contributed by atoms with Crippen molar-refractivity contribution in [2.75, 3.05) is 13.2 Å². The first-order valence-electron chi connectivity index (χ1n) is 19.5. The van der Waals surface area contributed by atoms with Gasteiger partial charge >= 0.3 is 0 Å². The lowest BCUT2D eigenvalue weighted by atomic mass is 10.0. The molecule has 43 heavy (non-hydrogen) atoms. The molecule has 0 saturated carbocycles. The highest BCUT2D eigenvalue weighted by atomic mass is 16.5. The molecule has 0 aromatic carbocycles. The highest BCUT2D eigenvalue weighted by molar-refractivity contribution is 4.84. The largest absolute Gasteiger partial charge is 0.378 e. The van der Waals surface area contributed by atoms with Gasteiger partial charge in [-0.1, -0.05) is 128 Å². The predicted molar refractivity (Wildman–Crippen MR) is 187 cm³/mol. The Morgan fingerprint density at radius 3 is 1.28 bits per heavy atom. The van der Waals surface area contributed by atoms with Gasteiger partial charge in [0.05, 0.1) is 24.4 Å². The Labute approximate surface area is 269 Å². The second-order valence-corrected chi connectivity index (χ2v) is 13.7. The van der Waals surface area contributed by atoms with Gasteiger partial charge in [0.15, 0.2) is 0 Å². The molecular weight excluding hydrogens is 528 g/mol. The van der Waals surface area contributed by atoms with Gasteiger partial charge in [0, 0.05) is 13.2 Å². The first-order valence-corrected chi connectivity index (χ1v) is 19.5. The molecule has 0 radical (unpaired) electrons. The minimum atomic E-state index is 0.433. The molecule has 2 heterocycles. The molecule has 0 aromatic heterocycles. The van der Waals surface area contributed by atoms with Crippen LogP contribution in [0.25, 0.3) is 0 Å². The zero-order chi connectivity index (χ0) is 30.5. The van der Waals surface area contributed by atoms with E-state index >= 15 is 0 Å². The van der Waals surface area contributed by atoms with E-state index in [4.69, 9.17) is 14.2 Å². The van der Waals surface area contributed by atoms with Gasteiger partial charge in [-0.2, -0.15) is 0 Å². The zero-order valence-corrected chi connectivity index (χ0v) is 29.1. The van der Waals surface area contributed by atoms with Gasteiger partial charge in [0.25, 0.3) is 0 Å². The maximum Gasteiger partial charge on any atom is 0.0597 e. The third-order valence-corrected chi connectivity index (χ3v) is 9.67. The molecule has 0 aliphatic carbocycles. The van der Waals surface area contributed by atoms with Crippen LogP contribution in [0.4, 0.5) is 0 Å². The second kappa shape index (κ2) is 28.8. The van der Waals surface area contributed by atoms with E-state index in [0.29, 0.717) is 24.4 Å². The normalized spacial score (nSPS) is 20.0. The van der Waals surface area contributed by atoms with Crippen molar-refractivity contribution in [2.45, 2.75) is 218 Å². The molecule has 3 heteroatoms. The molecular formula is C40H74O3. The molecule has 4 atom stereocenters. The van der Waals surface area contributed by atoms with E-state index in [1.807, 2.05) is 0 Å². The Kier molecular flexibility index (Phi) is 25.8. The van der Waals surface area contributed by atoms with Crippen LogP contribution in [0.15, 0.2) is 24.3 Å². The quantitative estimate of drug-likeness (QED) is 0.0566. The number of ether oxygens (including phenoxy) is 3. The molecule has 0 N–H and O–H groups in total. The summed E-state index contributed by atoms with van der Waals surface area (Å²) in [7, 11) is 0. The molecule has 2 saturated heterocycles. The summed E-state index contributed by atoms with van der Waals surface area (Å²) >= 11 is 0. The van der Waals surface area contributed by atoms with Gasteiger partial charge in [-0.25, -0.2) is 0 Å². The van der Waals surface area contributed by atoms with Crippen molar-refractivity contribution in [3.63, 3.8) is 0 Å². The van der Waals surface area contributed by atoms with Crippen LogP contribution in [0.3, 0.4) is 0 Å². The topological polar surface area (TPSA) is 27.7 Å². The van der Waals surface area contributed by atoms with Crippen LogP contribution in [-0.2, 0) is 14.2 Å². The molecule has 0 amide bonds. The molecule has 4 unspecified atom stereocenters. The maximum absolute atomic E-state index is 6.88. The van der Waals surface area contributed by atoms with E-state index in [-0.39, 0.29) is 0 Å². The Morgan fingerprint density at radius 1 is 0.488 bits per heavy atom. The molecule has 2 rings (SSSR count). The predicted octanol–water partition coefficient (Wildman–Crippen LogP) is 12.6. The van der Waals surface area contributed by atoms with Crippen molar-refractivity contribution in [3.8, 4) is 0 Å². The van der Waals surface area contributed by atoms with Gasteiger partial charge in [0.1, 0.15) is 0 Å². The summed E-state index contributed by atoms with van der Waals surface area (Å²) in [5.41, 5.74) is 0. The summed E-state index contributed by atoms with van der Waals surface area (Å²) in [6.45, 7) is 6.62. The number of hydrogen-bond acceptors (Lipinski definition) is 3. The summed E-state index contributed by atoms with van der Waals surface area (Å²) in [5.74, 6) is 0. The first-order chi connectivity index (χ1) is 21.3. The van der Waals surface area contributed by atoms with Crippen LogP contribution in [0.1, 0.15) is 194 Å².